The molecule has 4 heteroatoms. The Morgan fingerprint density at radius 1 is 1.31 bits per heavy atom. The predicted molar refractivity (Wildman–Crippen MR) is 64.0 cm³/mol. The first-order valence-corrected chi connectivity index (χ1v) is 5.85. The van der Waals surface area contributed by atoms with Gasteiger partial charge in [-0.1, -0.05) is 18.2 Å². The van der Waals surface area contributed by atoms with Crippen molar-refractivity contribution >= 4 is 11.3 Å². The molecule has 1 heterocycles. The Morgan fingerprint density at radius 2 is 2.00 bits per heavy atom. The van der Waals surface area contributed by atoms with Gasteiger partial charge >= 0.3 is 0 Å². The molecule has 0 radical (unpaired) electrons. The monoisotopic (exact) mass is 236 g/mol. The molecule has 1 atom stereocenters. The van der Waals surface area contributed by atoms with Gasteiger partial charge in [-0.25, -0.2) is 9.37 Å². The fourth-order valence-corrected chi connectivity index (χ4v) is 2.65. The first-order valence-electron chi connectivity index (χ1n) is 5.03. The topological polar surface area (TPSA) is 38.9 Å². The first kappa shape index (κ1) is 11.2. The summed E-state index contributed by atoms with van der Waals surface area (Å²) in [5.74, 6) is -0.263. The molecule has 1 aromatic carbocycles. The van der Waals surface area contributed by atoms with E-state index in [-0.39, 0.29) is 5.82 Å². The number of aryl methyl sites for hydroxylation is 2. The number of hydrogen-bond donors (Lipinski definition) is 1. The first-order chi connectivity index (χ1) is 7.59. The van der Waals surface area contributed by atoms with Gasteiger partial charge in [0.2, 0.25) is 0 Å². The van der Waals surface area contributed by atoms with Gasteiger partial charge in [0.15, 0.2) is 0 Å². The number of thiazole rings is 1. The van der Waals surface area contributed by atoms with Crippen LogP contribution in [0.5, 0.6) is 0 Å². The average Bonchev–Trinajstić information content (AvgIpc) is 2.58. The molecule has 0 fully saturated rings. The van der Waals surface area contributed by atoms with Crippen LogP contribution < -0.4 is 5.73 Å². The number of nitrogens with two attached hydrogens (primary N) is 1. The van der Waals surface area contributed by atoms with Crippen LogP contribution in [0, 0.1) is 19.7 Å². The summed E-state index contributed by atoms with van der Waals surface area (Å²) < 4.78 is 13.6. The van der Waals surface area contributed by atoms with Crippen LogP contribution in [-0.4, -0.2) is 4.98 Å². The Hall–Kier alpha value is -1.26. The molecule has 2 rings (SSSR count). The van der Waals surface area contributed by atoms with E-state index in [1.165, 1.54) is 17.4 Å². The molecule has 0 aliphatic rings. The molecule has 2 aromatic rings. The normalized spacial score (nSPS) is 12.8. The lowest BCUT2D eigenvalue weighted by Crippen LogP contribution is -2.13. The summed E-state index contributed by atoms with van der Waals surface area (Å²) in [5, 5.41) is 0.958. The smallest absolute Gasteiger partial charge is 0.128 e. The molecular weight excluding hydrogens is 223 g/mol. The molecule has 2 nitrogen and oxygen atoms in total. The van der Waals surface area contributed by atoms with Crippen molar-refractivity contribution in [2.24, 2.45) is 5.73 Å². The van der Waals surface area contributed by atoms with E-state index >= 15 is 0 Å². The quantitative estimate of drug-likeness (QED) is 0.870. The van der Waals surface area contributed by atoms with Gasteiger partial charge in [-0.2, -0.15) is 0 Å². The molecular formula is C12H13FN2S. The number of aromatic nitrogens is 1. The third-order valence-corrected chi connectivity index (χ3v) is 3.62. The van der Waals surface area contributed by atoms with Crippen molar-refractivity contribution in [2.75, 3.05) is 0 Å². The molecule has 0 spiro atoms. The summed E-state index contributed by atoms with van der Waals surface area (Å²) in [7, 11) is 0. The van der Waals surface area contributed by atoms with Crippen LogP contribution in [-0.2, 0) is 0 Å². The Bertz CT molecular complexity index is 507. The molecule has 0 saturated heterocycles. The van der Waals surface area contributed by atoms with Crippen molar-refractivity contribution in [2.45, 2.75) is 19.9 Å². The van der Waals surface area contributed by atoms with E-state index in [1.807, 2.05) is 13.8 Å². The Labute approximate surface area is 97.9 Å². The Balaban J connectivity index is 2.43. The summed E-state index contributed by atoms with van der Waals surface area (Å²) in [6.07, 6.45) is 0. The second kappa shape index (κ2) is 4.31. The summed E-state index contributed by atoms with van der Waals surface area (Å²) in [5.41, 5.74) is 7.47. The van der Waals surface area contributed by atoms with Crippen LogP contribution >= 0.6 is 11.3 Å². The maximum Gasteiger partial charge on any atom is 0.128 e. The van der Waals surface area contributed by atoms with Gasteiger partial charge in [0.25, 0.3) is 0 Å². The van der Waals surface area contributed by atoms with E-state index in [4.69, 9.17) is 5.73 Å². The second-order valence-electron chi connectivity index (χ2n) is 3.68. The molecule has 0 bridgehead atoms. The minimum absolute atomic E-state index is 0.263. The maximum atomic E-state index is 13.6. The van der Waals surface area contributed by atoms with E-state index < -0.39 is 6.04 Å². The van der Waals surface area contributed by atoms with Crippen molar-refractivity contribution in [3.8, 4) is 0 Å². The standard InChI is InChI=1S/C12H13FN2S/c1-7-12(16-8(2)15-7)11(14)9-5-3-4-6-10(9)13/h3-6,11H,14H2,1-2H3. The fourth-order valence-electron chi connectivity index (χ4n) is 1.70. The minimum Gasteiger partial charge on any atom is -0.319 e. The number of hydrogen-bond acceptors (Lipinski definition) is 3. The van der Waals surface area contributed by atoms with Crippen molar-refractivity contribution in [1.82, 2.24) is 4.98 Å². The SMILES string of the molecule is Cc1nc(C)c(C(N)c2ccccc2F)s1. The zero-order chi connectivity index (χ0) is 11.7. The molecule has 2 N–H and O–H groups in total. The summed E-state index contributed by atoms with van der Waals surface area (Å²) in [6, 6.07) is 6.18. The van der Waals surface area contributed by atoms with Crippen LogP contribution in [0.15, 0.2) is 24.3 Å². The number of nitrogens with zero attached hydrogens (tertiary/aromatic N) is 1. The van der Waals surface area contributed by atoms with Crippen LogP contribution in [0.4, 0.5) is 4.39 Å². The Morgan fingerprint density at radius 3 is 2.56 bits per heavy atom. The van der Waals surface area contributed by atoms with E-state index in [0.717, 1.165) is 15.6 Å². The maximum absolute atomic E-state index is 13.6. The van der Waals surface area contributed by atoms with Gasteiger partial charge in [0.05, 0.1) is 16.7 Å². The number of rotatable bonds is 2. The lowest BCUT2D eigenvalue weighted by Gasteiger charge is -2.11. The highest BCUT2D eigenvalue weighted by atomic mass is 32.1. The van der Waals surface area contributed by atoms with Gasteiger partial charge in [-0.3, -0.25) is 0 Å². The molecule has 0 saturated carbocycles. The van der Waals surface area contributed by atoms with Crippen molar-refractivity contribution in [3.05, 3.63) is 51.2 Å². The molecule has 84 valence electrons. The zero-order valence-electron chi connectivity index (χ0n) is 9.20. The highest BCUT2D eigenvalue weighted by molar-refractivity contribution is 7.11. The van der Waals surface area contributed by atoms with Crippen molar-refractivity contribution in [3.63, 3.8) is 0 Å². The zero-order valence-corrected chi connectivity index (χ0v) is 10.0. The molecule has 16 heavy (non-hydrogen) atoms. The molecule has 0 amide bonds. The van der Waals surface area contributed by atoms with Gasteiger partial charge in [-0.05, 0) is 19.9 Å². The van der Waals surface area contributed by atoms with Crippen LogP contribution in [0.2, 0.25) is 0 Å². The predicted octanol–water partition coefficient (Wildman–Crippen LogP) is 2.95. The van der Waals surface area contributed by atoms with Crippen LogP contribution in [0.25, 0.3) is 0 Å². The number of benzene rings is 1. The molecule has 0 aliphatic carbocycles. The lowest BCUT2D eigenvalue weighted by atomic mass is 10.0. The van der Waals surface area contributed by atoms with E-state index in [2.05, 4.69) is 4.98 Å². The fraction of sp³-hybridized carbons (Fsp3) is 0.250. The number of halogens is 1. The summed E-state index contributed by atoms with van der Waals surface area (Å²) in [4.78, 5) is 5.24. The van der Waals surface area contributed by atoms with E-state index in [0.29, 0.717) is 5.56 Å². The molecule has 1 aromatic heterocycles. The summed E-state index contributed by atoms with van der Waals surface area (Å²) >= 11 is 1.52. The lowest BCUT2D eigenvalue weighted by molar-refractivity contribution is 0.600. The van der Waals surface area contributed by atoms with Crippen molar-refractivity contribution in [1.29, 1.82) is 0 Å². The summed E-state index contributed by atoms with van der Waals surface area (Å²) in [6.45, 7) is 3.83. The van der Waals surface area contributed by atoms with Crippen LogP contribution in [0.3, 0.4) is 0 Å². The second-order valence-corrected chi connectivity index (χ2v) is 4.92. The van der Waals surface area contributed by atoms with Crippen molar-refractivity contribution < 1.29 is 4.39 Å². The van der Waals surface area contributed by atoms with Crippen LogP contribution in [0.1, 0.15) is 27.2 Å². The van der Waals surface area contributed by atoms with Gasteiger partial charge in [0, 0.05) is 10.4 Å². The highest BCUT2D eigenvalue weighted by Crippen LogP contribution is 2.29. The third-order valence-electron chi connectivity index (χ3n) is 2.46. The largest absolute Gasteiger partial charge is 0.319 e. The molecule has 1 unspecified atom stereocenters. The third kappa shape index (κ3) is 1.99. The molecule has 0 aliphatic heterocycles. The van der Waals surface area contributed by atoms with Gasteiger partial charge in [-0.15, -0.1) is 11.3 Å². The average molecular weight is 236 g/mol. The van der Waals surface area contributed by atoms with E-state index in [1.54, 1.807) is 18.2 Å². The van der Waals surface area contributed by atoms with Gasteiger partial charge < -0.3 is 5.73 Å². The van der Waals surface area contributed by atoms with E-state index in [9.17, 15) is 4.39 Å². The highest BCUT2D eigenvalue weighted by Gasteiger charge is 2.17. The minimum atomic E-state index is -0.424. The van der Waals surface area contributed by atoms with Gasteiger partial charge in [0.1, 0.15) is 5.82 Å². The Kier molecular flexibility index (Phi) is 3.03.